The Hall–Kier alpha value is -0.170. The van der Waals surface area contributed by atoms with Gasteiger partial charge in [-0.15, -0.1) is 0 Å². The fourth-order valence-corrected chi connectivity index (χ4v) is 6.19. The molecule has 0 nitrogen and oxygen atoms in total. The van der Waals surface area contributed by atoms with E-state index in [-0.39, 0.29) is 0 Å². The summed E-state index contributed by atoms with van der Waals surface area (Å²) < 4.78 is -1.83. The topological polar surface area (TPSA) is 0 Å². The van der Waals surface area contributed by atoms with Crippen molar-refractivity contribution in [1.29, 1.82) is 0 Å². The first-order valence-electron chi connectivity index (χ1n) is 4.70. The summed E-state index contributed by atoms with van der Waals surface area (Å²) in [7, 11) is 0. The zero-order chi connectivity index (χ0) is 10.7. The molecule has 0 aliphatic carbocycles. The molecule has 0 heterocycles. The second-order valence-corrected chi connectivity index (χ2v) is 15.9. The molecule has 0 fully saturated rings. The fraction of sp³-hybridized carbons (Fsp3) is 0. The maximum atomic E-state index is 3.85. The van der Waals surface area contributed by atoms with E-state index < -0.39 is 4.67 Å². The molecule has 2 aromatic carbocycles. The predicted octanol–water partition coefficient (Wildman–Crippen LogP) is 4.01. The molecule has 15 heavy (non-hydrogen) atoms. The van der Waals surface area contributed by atoms with Crippen LogP contribution in [-0.2, 0) is 0 Å². The van der Waals surface area contributed by atoms with Gasteiger partial charge in [0.1, 0.15) is 0 Å². The van der Waals surface area contributed by atoms with Crippen LogP contribution in [0.2, 0.25) is 0 Å². The number of benzene rings is 2. The van der Waals surface area contributed by atoms with E-state index in [9.17, 15) is 0 Å². The molecule has 0 atom stereocenters. The van der Waals surface area contributed by atoms with E-state index in [0.717, 1.165) is 0 Å². The van der Waals surface area contributed by atoms with Crippen LogP contribution in [0, 0.1) is 0 Å². The first kappa shape index (κ1) is 11.3. The standard InChI is InChI=1S/C12H11Br2P/c13-15(14,11-7-3-1-4-8-11)12-9-5-2-6-10-12/h1-10,15H. The average Bonchev–Trinajstić information content (AvgIpc) is 2.31. The van der Waals surface area contributed by atoms with E-state index in [1.807, 2.05) is 12.1 Å². The monoisotopic (exact) mass is 344 g/mol. The third-order valence-electron chi connectivity index (χ3n) is 2.27. The van der Waals surface area contributed by atoms with Crippen LogP contribution in [0.25, 0.3) is 0 Å². The molecule has 2 rings (SSSR count). The van der Waals surface area contributed by atoms with Crippen LogP contribution in [0.1, 0.15) is 0 Å². The molecule has 0 saturated heterocycles. The minimum absolute atomic E-state index is 1.33. The Labute approximate surface area is 107 Å². The van der Waals surface area contributed by atoms with Gasteiger partial charge in [0.05, 0.1) is 0 Å². The van der Waals surface area contributed by atoms with Crippen molar-refractivity contribution in [2.75, 3.05) is 0 Å². The van der Waals surface area contributed by atoms with Crippen molar-refractivity contribution >= 4 is 46.3 Å². The number of rotatable bonds is 2. The van der Waals surface area contributed by atoms with Gasteiger partial charge < -0.3 is 0 Å². The Morgan fingerprint density at radius 2 is 0.933 bits per heavy atom. The Morgan fingerprint density at radius 3 is 1.27 bits per heavy atom. The van der Waals surface area contributed by atoms with Gasteiger partial charge in [-0.1, -0.05) is 0 Å². The summed E-state index contributed by atoms with van der Waals surface area (Å²) in [5, 5.41) is 2.66. The quantitative estimate of drug-likeness (QED) is 0.721. The summed E-state index contributed by atoms with van der Waals surface area (Å²) in [6.07, 6.45) is 0. The second-order valence-electron chi connectivity index (χ2n) is 3.31. The molecule has 0 aliphatic rings. The summed E-state index contributed by atoms with van der Waals surface area (Å²) in [4.78, 5) is 0. The van der Waals surface area contributed by atoms with E-state index in [1.54, 1.807) is 0 Å². The van der Waals surface area contributed by atoms with Crippen molar-refractivity contribution in [3.63, 3.8) is 0 Å². The van der Waals surface area contributed by atoms with Gasteiger partial charge in [0.2, 0.25) is 0 Å². The van der Waals surface area contributed by atoms with Crippen LogP contribution < -0.4 is 10.6 Å². The van der Waals surface area contributed by atoms with Gasteiger partial charge in [-0.25, -0.2) is 0 Å². The van der Waals surface area contributed by atoms with Crippen LogP contribution in [-0.4, -0.2) is 0 Å². The fourth-order valence-electron chi connectivity index (χ4n) is 1.46. The SMILES string of the molecule is Br[PH](Br)(c1ccccc1)c1ccccc1. The molecule has 78 valence electrons. The Balaban J connectivity index is 2.44. The van der Waals surface area contributed by atoms with Crippen molar-refractivity contribution in [2.45, 2.75) is 0 Å². The van der Waals surface area contributed by atoms with Crippen LogP contribution in [0.15, 0.2) is 60.7 Å². The molecule has 3 heteroatoms. The zero-order valence-corrected chi connectivity index (χ0v) is 12.2. The molecular weight excluding hydrogens is 335 g/mol. The van der Waals surface area contributed by atoms with E-state index in [1.165, 1.54) is 10.6 Å². The summed E-state index contributed by atoms with van der Waals surface area (Å²) in [6, 6.07) is 21.0. The molecule has 0 N–H and O–H groups in total. The summed E-state index contributed by atoms with van der Waals surface area (Å²) in [6.45, 7) is 0. The van der Waals surface area contributed by atoms with E-state index in [0.29, 0.717) is 0 Å². The molecule has 0 aliphatic heterocycles. The van der Waals surface area contributed by atoms with Crippen LogP contribution in [0.3, 0.4) is 0 Å². The van der Waals surface area contributed by atoms with Gasteiger partial charge in [0.25, 0.3) is 0 Å². The van der Waals surface area contributed by atoms with Crippen LogP contribution >= 0.6 is 35.6 Å². The predicted molar refractivity (Wildman–Crippen MR) is 78.3 cm³/mol. The molecule has 0 bridgehead atoms. The molecule has 0 amide bonds. The molecule has 2 aromatic rings. The summed E-state index contributed by atoms with van der Waals surface area (Å²) in [5.41, 5.74) is 0. The van der Waals surface area contributed by atoms with Crippen LogP contribution in [0.4, 0.5) is 0 Å². The Kier molecular flexibility index (Phi) is 3.60. The third kappa shape index (κ3) is 2.50. The van der Waals surface area contributed by atoms with Gasteiger partial charge >= 0.3 is 107 Å². The van der Waals surface area contributed by atoms with Crippen molar-refractivity contribution in [3.05, 3.63) is 60.7 Å². The second kappa shape index (κ2) is 4.78. The average molecular weight is 346 g/mol. The Morgan fingerprint density at radius 1 is 0.600 bits per heavy atom. The first-order valence-corrected chi connectivity index (χ1v) is 11.2. The maximum absolute atomic E-state index is 3.85. The summed E-state index contributed by atoms with van der Waals surface area (Å²) in [5.74, 6) is 0. The van der Waals surface area contributed by atoms with Gasteiger partial charge in [-0.2, -0.15) is 0 Å². The third-order valence-corrected chi connectivity index (χ3v) is 9.88. The van der Waals surface area contributed by atoms with Gasteiger partial charge in [-0.3, -0.25) is 0 Å². The van der Waals surface area contributed by atoms with Crippen molar-refractivity contribution in [1.82, 2.24) is 0 Å². The van der Waals surface area contributed by atoms with Crippen LogP contribution in [0.5, 0.6) is 0 Å². The normalized spacial score (nSPS) is 12.4. The summed E-state index contributed by atoms with van der Waals surface area (Å²) >= 11 is 7.71. The van der Waals surface area contributed by atoms with Crippen molar-refractivity contribution < 1.29 is 0 Å². The van der Waals surface area contributed by atoms with Crippen molar-refractivity contribution in [3.8, 4) is 0 Å². The van der Waals surface area contributed by atoms with Gasteiger partial charge in [-0.05, 0) is 0 Å². The molecule has 0 spiro atoms. The molecule has 0 saturated carbocycles. The number of hydrogen-bond donors (Lipinski definition) is 0. The zero-order valence-electron chi connectivity index (χ0n) is 8.03. The number of halogens is 2. The molecule has 0 unspecified atom stereocenters. The van der Waals surface area contributed by atoms with E-state index in [2.05, 4.69) is 79.5 Å². The molecule has 0 aromatic heterocycles. The van der Waals surface area contributed by atoms with E-state index >= 15 is 0 Å². The van der Waals surface area contributed by atoms with E-state index in [4.69, 9.17) is 0 Å². The van der Waals surface area contributed by atoms with Gasteiger partial charge in [0, 0.05) is 0 Å². The van der Waals surface area contributed by atoms with Crippen molar-refractivity contribution in [2.24, 2.45) is 0 Å². The van der Waals surface area contributed by atoms with Gasteiger partial charge in [0.15, 0.2) is 0 Å². The minimum atomic E-state index is -1.83. The molecule has 0 radical (unpaired) electrons. The number of hydrogen-bond acceptors (Lipinski definition) is 0. The molecular formula is C12H11Br2P. The Bertz CT molecular complexity index is 384. The first-order chi connectivity index (χ1) is 7.21.